The lowest BCUT2D eigenvalue weighted by Gasteiger charge is -2.16. The van der Waals surface area contributed by atoms with E-state index >= 15 is 0 Å². The van der Waals surface area contributed by atoms with Gasteiger partial charge in [-0.15, -0.1) is 0 Å². The molecule has 0 bridgehead atoms. The summed E-state index contributed by atoms with van der Waals surface area (Å²) < 4.78 is 6.21. The molecule has 0 radical (unpaired) electrons. The Morgan fingerprint density at radius 2 is 2.25 bits per heavy atom. The van der Waals surface area contributed by atoms with Crippen molar-refractivity contribution in [2.45, 2.75) is 6.42 Å². The maximum atomic E-state index is 11.3. The van der Waals surface area contributed by atoms with E-state index in [4.69, 9.17) is 4.74 Å². The molecule has 2 rings (SSSR count). The van der Waals surface area contributed by atoms with Gasteiger partial charge in [0.1, 0.15) is 5.75 Å². The third kappa shape index (κ3) is 1.14. The van der Waals surface area contributed by atoms with Crippen molar-refractivity contribution in [2.75, 3.05) is 6.61 Å². The molecule has 12 heavy (non-hydrogen) atoms. The van der Waals surface area contributed by atoms with Crippen LogP contribution in [0.3, 0.4) is 0 Å². The Bertz CT molecular complexity index is 333. The monoisotopic (exact) mass is 226 g/mol. The zero-order valence-corrected chi connectivity index (χ0v) is 7.93. The SMILES string of the molecule is O=C1CCOc2c(Br)cccc21. The van der Waals surface area contributed by atoms with Gasteiger partial charge in [0.05, 0.1) is 16.6 Å². The minimum atomic E-state index is 0.164. The molecule has 2 nitrogen and oxygen atoms in total. The Hall–Kier alpha value is -0.830. The van der Waals surface area contributed by atoms with Crippen LogP contribution in [0.15, 0.2) is 22.7 Å². The first-order chi connectivity index (χ1) is 5.79. The zero-order chi connectivity index (χ0) is 8.55. The van der Waals surface area contributed by atoms with Gasteiger partial charge in [0, 0.05) is 6.42 Å². The maximum absolute atomic E-state index is 11.3. The van der Waals surface area contributed by atoms with Crippen molar-refractivity contribution >= 4 is 21.7 Å². The van der Waals surface area contributed by atoms with E-state index in [1.165, 1.54) is 0 Å². The lowest BCUT2D eigenvalue weighted by atomic mass is 10.1. The molecule has 1 aromatic rings. The Kier molecular flexibility index (Phi) is 1.89. The number of ether oxygens (including phenoxy) is 1. The highest BCUT2D eigenvalue weighted by Crippen LogP contribution is 2.32. The first-order valence-corrected chi connectivity index (χ1v) is 4.53. The highest BCUT2D eigenvalue weighted by Gasteiger charge is 2.19. The molecule has 3 heteroatoms. The van der Waals surface area contributed by atoms with Crippen LogP contribution < -0.4 is 4.74 Å². The van der Waals surface area contributed by atoms with Crippen molar-refractivity contribution in [1.29, 1.82) is 0 Å². The number of benzene rings is 1. The van der Waals surface area contributed by atoms with Crippen LogP contribution in [0.2, 0.25) is 0 Å². The zero-order valence-electron chi connectivity index (χ0n) is 6.34. The molecule has 0 fully saturated rings. The van der Waals surface area contributed by atoms with Gasteiger partial charge in [-0.1, -0.05) is 6.07 Å². The molecule has 1 heterocycles. The van der Waals surface area contributed by atoms with Gasteiger partial charge in [-0.05, 0) is 28.1 Å². The average molecular weight is 227 g/mol. The second-order valence-corrected chi connectivity index (χ2v) is 3.49. The number of hydrogen-bond donors (Lipinski definition) is 0. The smallest absolute Gasteiger partial charge is 0.170 e. The summed E-state index contributed by atoms with van der Waals surface area (Å²) in [6, 6.07) is 5.51. The quantitative estimate of drug-likeness (QED) is 0.680. The van der Waals surface area contributed by atoms with E-state index in [9.17, 15) is 4.79 Å². The second kappa shape index (κ2) is 2.90. The highest BCUT2D eigenvalue weighted by atomic mass is 79.9. The van der Waals surface area contributed by atoms with Gasteiger partial charge in [0.15, 0.2) is 5.78 Å². The highest BCUT2D eigenvalue weighted by molar-refractivity contribution is 9.10. The first kappa shape index (κ1) is 7.80. The number of ketones is 1. The van der Waals surface area contributed by atoms with Crippen molar-refractivity contribution in [2.24, 2.45) is 0 Å². The predicted octanol–water partition coefficient (Wildman–Crippen LogP) is 2.41. The molecule has 0 unspecified atom stereocenters. The van der Waals surface area contributed by atoms with Gasteiger partial charge in [-0.25, -0.2) is 0 Å². The minimum absolute atomic E-state index is 0.164. The lowest BCUT2D eigenvalue weighted by molar-refractivity contribution is 0.0933. The molecule has 0 spiro atoms. The number of Topliss-reactive ketones (excluding diaryl/α,β-unsaturated/α-hetero) is 1. The van der Waals surface area contributed by atoms with Gasteiger partial charge in [-0.3, -0.25) is 4.79 Å². The number of fused-ring (bicyclic) bond motifs is 1. The molecule has 1 aliphatic heterocycles. The van der Waals surface area contributed by atoms with E-state index in [-0.39, 0.29) is 5.78 Å². The molecule has 1 aliphatic rings. The van der Waals surface area contributed by atoms with Crippen molar-refractivity contribution in [3.63, 3.8) is 0 Å². The summed E-state index contributed by atoms with van der Waals surface area (Å²) in [6.07, 6.45) is 0.490. The van der Waals surface area contributed by atoms with Crippen LogP contribution in [0, 0.1) is 0 Å². The van der Waals surface area contributed by atoms with E-state index in [1.54, 1.807) is 6.07 Å². The number of carbonyl (C=O) groups is 1. The molecule has 0 aliphatic carbocycles. The lowest BCUT2D eigenvalue weighted by Crippen LogP contribution is -2.15. The molecule has 0 amide bonds. The van der Waals surface area contributed by atoms with Crippen LogP contribution in [-0.4, -0.2) is 12.4 Å². The van der Waals surface area contributed by atoms with Crippen LogP contribution in [0.25, 0.3) is 0 Å². The summed E-state index contributed by atoms with van der Waals surface area (Å²) in [6.45, 7) is 0.494. The summed E-state index contributed by atoms with van der Waals surface area (Å²) in [4.78, 5) is 11.3. The van der Waals surface area contributed by atoms with E-state index in [1.807, 2.05) is 12.1 Å². The Morgan fingerprint density at radius 1 is 1.42 bits per heavy atom. The standard InChI is InChI=1S/C9H7BrO2/c10-7-3-1-2-6-8(11)4-5-12-9(6)7/h1-3H,4-5H2. The summed E-state index contributed by atoms with van der Waals surface area (Å²) in [7, 11) is 0. The molecular weight excluding hydrogens is 220 g/mol. The van der Waals surface area contributed by atoms with Gasteiger partial charge in [-0.2, -0.15) is 0 Å². The molecule has 0 aromatic heterocycles. The minimum Gasteiger partial charge on any atom is -0.491 e. The van der Waals surface area contributed by atoms with Crippen LogP contribution in [0.1, 0.15) is 16.8 Å². The molecular formula is C9H7BrO2. The summed E-state index contributed by atoms with van der Waals surface area (Å²) in [5.41, 5.74) is 0.690. The molecule has 0 saturated carbocycles. The van der Waals surface area contributed by atoms with Crippen molar-refractivity contribution in [3.05, 3.63) is 28.2 Å². The number of carbonyl (C=O) groups excluding carboxylic acids is 1. The third-order valence-corrected chi connectivity index (χ3v) is 2.47. The van der Waals surface area contributed by atoms with Crippen LogP contribution >= 0.6 is 15.9 Å². The number of para-hydroxylation sites is 1. The Morgan fingerprint density at radius 3 is 3.00 bits per heavy atom. The van der Waals surface area contributed by atoms with Crippen molar-refractivity contribution < 1.29 is 9.53 Å². The van der Waals surface area contributed by atoms with E-state index in [0.29, 0.717) is 24.3 Å². The molecule has 0 atom stereocenters. The topological polar surface area (TPSA) is 26.3 Å². The van der Waals surface area contributed by atoms with Gasteiger partial charge in [0.2, 0.25) is 0 Å². The fraction of sp³-hybridized carbons (Fsp3) is 0.222. The fourth-order valence-corrected chi connectivity index (χ4v) is 1.74. The summed E-state index contributed by atoms with van der Waals surface area (Å²) in [5.74, 6) is 0.853. The normalized spacial score (nSPS) is 15.2. The molecule has 62 valence electrons. The Labute approximate surface area is 78.7 Å². The Balaban J connectivity index is 2.59. The largest absolute Gasteiger partial charge is 0.491 e. The van der Waals surface area contributed by atoms with Gasteiger partial charge < -0.3 is 4.74 Å². The van der Waals surface area contributed by atoms with Crippen LogP contribution in [0.4, 0.5) is 0 Å². The van der Waals surface area contributed by atoms with Gasteiger partial charge in [0.25, 0.3) is 0 Å². The number of rotatable bonds is 0. The molecule has 0 saturated heterocycles. The number of halogens is 1. The third-order valence-electron chi connectivity index (χ3n) is 1.84. The van der Waals surface area contributed by atoms with E-state index < -0.39 is 0 Å². The average Bonchev–Trinajstić information content (AvgIpc) is 2.07. The summed E-state index contributed by atoms with van der Waals surface area (Å²) in [5, 5.41) is 0. The van der Waals surface area contributed by atoms with E-state index in [0.717, 1.165) is 4.47 Å². The first-order valence-electron chi connectivity index (χ1n) is 3.73. The predicted molar refractivity (Wildman–Crippen MR) is 48.6 cm³/mol. The molecule has 0 N–H and O–H groups in total. The van der Waals surface area contributed by atoms with Crippen LogP contribution in [0.5, 0.6) is 5.75 Å². The van der Waals surface area contributed by atoms with Crippen LogP contribution in [-0.2, 0) is 0 Å². The van der Waals surface area contributed by atoms with Crippen molar-refractivity contribution in [3.8, 4) is 5.75 Å². The van der Waals surface area contributed by atoms with Gasteiger partial charge >= 0.3 is 0 Å². The maximum Gasteiger partial charge on any atom is 0.170 e. The van der Waals surface area contributed by atoms with E-state index in [2.05, 4.69) is 15.9 Å². The fourth-order valence-electron chi connectivity index (χ4n) is 1.26. The number of hydrogen-bond acceptors (Lipinski definition) is 2. The van der Waals surface area contributed by atoms with Crippen molar-refractivity contribution in [1.82, 2.24) is 0 Å². The second-order valence-electron chi connectivity index (χ2n) is 2.64. The summed E-state index contributed by atoms with van der Waals surface area (Å²) >= 11 is 3.33. The molecule has 1 aromatic carbocycles.